The number of carboxylic acids is 1. The maximum Gasteiger partial charge on any atom is 0.350 e. The highest BCUT2D eigenvalue weighted by Gasteiger charge is 2.39. The summed E-state index contributed by atoms with van der Waals surface area (Å²) in [6.07, 6.45) is 0.699. The number of ether oxygens (including phenoxy) is 2. The van der Waals surface area contributed by atoms with E-state index in [1.165, 1.54) is 13.8 Å². The maximum atomic E-state index is 13.7. The molecule has 122 valence electrons. The monoisotopic (exact) mass is 327 g/mol. The molecular weight excluding hydrogens is 316 g/mol. The van der Waals surface area contributed by atoms with Gasteiger partial charge in [-0.3, -0.25) is 0 Å². The summed E-state index contributed by atoms with van der Waals surface area (Å²) in [5.41, 5.74) is -2.33. The van der Waals surface area contributed by atoms with Crippen LogP contribution in [0, 0.1) is 11.6 Å². The topological polar surface area (TPSA) is 102 Å². The van der Waals surface area contributed by atoms with Gasteiger partial charge in [-0.15, -0.1) is 0 Å². The van der Waals surface area contributed by atoms with Crippen molar-refractivity contribution in [3.05, 3.63) is 41.1 Å². The van der Waals surface area contributed by atoms with Gasteiger partial charge in [0.2, 0.25) is 0 Å². The second-order valence-corrected chi connectivity index (χ2v) is 4.97. The number of cyclic esters (lactones) is 2. The van der Waals surface area contributed by atoms with Crippen LogP contribution in [0.5, 0.6) is 0 Å². The minimum absolute atomic E-state index is 0.621. The highest BCUT2D eigenvalue weighted by molar-refractivity contribution is 6.15. The van der Waals surface area contributed by atoms with E-state index in [4.69, 9.17) is 14.6 Å². The van der Waals surface area contributed by atoms with Crippen LogP contribution in [0.2, 0.25) is 0 Å². The number of hydrogen-bond donors (Lipinski definition) is 2. The van der Waals surface area contributed by atoms with Gasteiger partial charge in [0.15, 0.2) is 5.57 Å². The van der Waals surface area contributed by atoms with Crippen LogP contribution < -0.4 is 5.32 Å². The Morgan fingerprint density at radius 1 is 1.17 bits per heavy atom. The van der Waals surface area contributed by atoms with E-state index in [1.807, 2.05) is 0 Å². The second-order valence-electron chi connectivity index (χ2n) is 4.97. The molecule has 23 heavy (non-hydrogen) atoms. The Morgan fingerprint density at radius 2 is 1.70 bits per heavy atom. The van der Waals surface area contributed by atoms with Crippen molar-refractivity contribution in [1.29, 1.82) is 0 Å². The third-order valence-corrected chi connectivity index (χ3v) is 2.80. The Kier molecular flexibility index (Phi) is 4.04. The lowest BCUT2D eigenvalue weighted by Crippen LogP contribution is -2.42. The van der Waals surface area contributed by atoms with Crippen LogP contribution in [0.15, 0.2) is 23.9 Å². The molecule has 0 amide bonds. The lowest BCUT2D eigenvalue weighted by Gasteiger charge is -2.29. The second kappa shape index (κ2) is 5.67. The first kappa shape index (κ1) is 16.4. The van der Waals surface area contributed by atoms with Crippen LogP contribution in [0.4, 0.5) is 14.5 Å². The minimum Gasteiger partial charge on any atom is -0.478 e. The number of benzene rings is 1. The zero-order valence-corrected chi connectivity index (χ0v) is 12.0. The number of halogens is 2. The molecule has 7 nitrogen and oxygen atoms in total. The predicted octanol–water partition coefficient (Wildman–Crippen LogP) is 1.79. The van der Waals surface area contributed by atoms with Gasteiger partial charge in [0.1, 0.15) is 17.2 Å². The molecule has 1 fully saturated rings. The van der Waals surface area contributed by atoms with E-state index < -0.39 is 52.2 Å². The van der Waals surface area contributed by atoms with Crippen LogP contribution in [0.25, 0.3) is 0 Å². The van der Waals surface area contributed by atoms with E-state index >= 15 is 0 Å². The van der Waals surface area contributed by atoms with Gasteiger partial charge >= 0.3 is 17.9 Å². The summed E-state index contributed by atoms with van der Waals surface area (Å²) in [6.45, 7) is 2.67. The summed E-state index contributed by atoms with van der Waals surface area (Å²) in [4.78, 5) is 34.4. The molecule has 0 atom stereocenters. The molecule has 1 aromatic rings. The average molecular weight is 327 g/mol. The first-order valence-corrected chi connectivity index (χ1v) is 6.27. The van der Waals surface area contributed by atoms with E-state index in [9.17, 15) is 23.2 Å². The van der Waals surface area contributed by atoms with Crippen molar-refractivity contribution in [1.82, 2.24) is 0 Å². The number of nitrogens with one attached hydrogen (secondary N) is 1. The molecule has 0 unspecified atom stereocenters. The Labute approximate surface area is 128 Å². The molecule has 2 rings (SSSR count). The fourth-order valence-electron chi connectivity index (χ4n) is 1.82. The Balaban J connectivity index is 2.38. The van der Waals surface area contributed by atoms with E-state index in [0.29, 0.717) is 18.3 Å². The quantitative estimate of drug-likeness (QED) is 0.496. The smallest absolute Gasteiger partial charge is 0.350 e. The van der Waals surface area contributed by atoms with Crippen LogP contribution in [0.1, 0.15) is 24.2 Å². The SMILES string of the molecule is CC1(C)OC(=O)C(=CNc2c(F)ccc(F)c2C(=O)O)C(=O)O1. The van der Waals surface area contributed by atoms with Gasteiger partial charge in [0, 0.05) is 20.0 Å². The maximum absolute atomic E-state index is 13.7. The highest BCUT2D eigenvalue weighted by Crippen LogP contribution is 2.26. The largest absolute Gasteiger partial charge is 0.478 e. The molecule has 1 saturated heterocycles. The fourth-order valence-corrected chi connectivity index (χ4v) is 1.82. The average Bonchev–Trinajstić information content (AvgIpc) is 2.39. The van der Waals surface area contributed by atoms with Crippen LogP contribution in [-0.2, 0) is 19.1 Å². The number of anilines is 1. The van der Waals surface area contributed by atoms with Crippen molar-refractivity contribution < 1.29 is 37.7 Å². The molecular formula is C14H11F2NO6. The van der Waals surface area contributed by atoms with E-state index in [-0.39, 0.29) is 0 Å². The van der Waals surface area contributed by atoms with Gasteiger partial charge in [-0.2, -0.15) is 0 Å². The first-order valence-electron chi connectivity index (χ1n) is 6.27. The van der Waals surface area contributed by atoms with Crippen molar-refractivity contribution in [2.75, 3.05) is 5.32 Å². The molecule has 0 aromatic heterocycles. The molecule has 9 heteroatoms. The molecule has 1 aliphatic rings. The summed E-state index contributed by atoms with van der Waals surface area (Å²) in [5, 5.41) is 11.0. The van der Waals surface area contributed by atoms with Crippen LogP contribution in [0.3, 0.4) is 0 Å². The molecule has 1 aliphatic heterocycles. The molecule has 1 aromatic carbocycles. The molecule has 0 radical (unpaired) electrons. The standard InChI is InChI=1S/C14H11F2NO6/c1-14(2)22-12(20)6(13(21)23-14)5-17-10-8(16)4-3-7(15)9(10)11(18)19/h3-5,17H,1-2H3,(H,18,19). The minimum atomic E-state index is -1.72. The Hall–Kier alpha value is -2.97. The molecule has 0 spiro atoms. The number of esters is 2. The molecule has 0 bridgehead atoms. The predicted molar refractivity (Wildman–Crippen MR) is 71.3 cm³/mol. The normalized spacial score (nSPS) is 16.4. The number of carbonyl (C=O) groups excluding carboxylic acids is 2. The van der Waals surface area contributed by atoms with Gasteiger partial charge in [-0.05, 0) is 12.1 Å². The highest BCUT2D eigenvalue weighted by atomic mass is 19.1. The first-order chi connectivity index (χ1) is 10.6. The summed E-state index contributed by atoms with van der Waals surface area (Å²) >= 11 is 0. The lowest BCUT2D eigenvalue weighted by molar-refractivity contribution is -0.222. The summed E-state index contributed by atoms with van der Waals surface area (Å²) in [7, 11) is 0. The van der Waals surface area contributed by atoms with E-state index in [1.54, 1.807) is 0 Å². The third kappa shape index (κ3) is 3.28. The number of aromatic carboxylic acids is 1. The van der Waals surface area contributed by atoms with Crippen LogP contribution in [-0.4, -0.2) is 28.8 Å². The number of carbonyl (C=O) groups is 3. The Bertz CT molecular complexity index is 719. The third-order valence-electron chi connectivity index (χ3n) is 2.80. The van der Waals surface area contributed by atoms with Crippen LogP contribution >= 0.6 is 0 Å². The van der Waals surface area contributed by atoms with E-state index in [0.717, 1.165) is 0 Å². The molecule has 0 saturated carbocycles. The lowest BCUT2D eigenvalue weighted by atomic mass is 10.1. The van der Waals surface area contributed by atoms with Crippen molar-refractivity contribution in [2.45, 2.75) is 19.6 Å². The summed E-state index contributed by atoms with van der Waals surface area (Å²) in [6, 6.07) is 1.34. The number of rotatable bonds is 3. The summed E-state index contributed by atoms with van der Waals surface area (Å²) in [5.74, 6) is -7.55. The summed E-state index contributed by atoms with van der Waals surface area (Å²) < 4.78 is 36.8. The number of carboxylic acid groups (broad SMARTS) is 1. The number of hydrogen-bond acceptors (Lipinski definition) is 6. The van der Waals surface area contributed by atoms with Crippen molar-refractivity contribution >= 4 is 23.6 Å². The van der Waals surface area contributed by atoms with Gasteiger partial charge in [0.25, 0.3) is 5.79 Å². The van der Waals surface area contributed by atoms with Crippen molar-refractivity contribution in [3.63, 3.8) is 0 Å². The van der Waals surface area contributed by atoms with E-state index in [2.05, 4.69) is 5.32 Å². The van der Waals surface area contributed by atoms with Gasteiger partial charge in [0.05, 0.1) is 5.69 Å². The van der Waals surface area contributed by atoms with Gasteiger partial charge in [-0.25, -0.2) is 23.2 Å². The zero-order chi connectivity index (χ0) is 17.4. The van der Waals surface area contributed by atoms with Gasteiger partial charge in [-0.1, -0.05) is 0 Å². The fraction of sp³-hybridized carbons (Fsp3) is 0.214. The molecule has 2 N–H and O–H groups in total. The van der Waals surface area contributed by atoms with Crippen molar-refractivity contribution in [3.8, 4) is 0 Å². The molecule has 0 aliphatic carbocycles. The Morgan fingerprint density at radius 3 is 2.22 bits per heavy atom. The van der Waals surface area contributed by atoms with Crippen molar-refractivity contribution in [2.24, 2.45) is 0 Å². The molecule has 1 heterocycles. The van der Waals surface area contributed by atoms with Gasteiger partial charge < -0.3 is 19.9 Å². The zero-order valence-electron chi connectivity index (χ0n) is 12.0.